The van der Waals surface area contributed by atoms with Crippen molar-refractivity contribution in [1.29, 1.82) is 0 Å². The number of hydrogen-bond donors (Lipinski definition) is 0. The molecule has 0 amide bonds. The number of rotatable bonds is 4. The molecule has 8 rings (SSSR count). The molecule has 4 nitrogen and oxygen atoms in total. The fourth-order valence-corrected chi connectivity index (χ4v) is 9.76. The largest absolute Gasteiger partial charge is 0.380 e. The van der Waals surface area contributed by atoms with Crippen molar-refractivity contribution in [3.05, 3.63) is 132 Å². The maximum absolute atomic E-state index is 15.7. The monoisotopic (exact) mass is 652 g/mol. The maximum Gasteiger partial charge on any atom is 0.380 e. The molecule has 4 aromatic rings. The van der Waals surface area contributed by atoms with Crippen LogP contribution in [0.3, 0.4) is 0 Å². The predicted molar refractivity (Wildman–Crippen MR) is 164 cm³/mol. The number of alkyl halides is 6. The van der Waals surface area contributed by atoms with Crippen LogP contribution in [0.25, 0.3) is 21.2 Å². The molecule has 0 bridgehead atoms. The van der Waals surface area contributed by atoms with Gasteiger partial charge in [-0.2, -0.15) is 26.3 Å². The van der Waals surface area contributed by atoms with Gasteiger partial charge in [-0.3, -0.25) is 0 Å². The van der Waals surface area contributed by atoms with Crippen LogP contribution in [0.4, 0.5) is 26.3 Å². The minimum atomic E-state index is -5.60. The van der Waals surface area contributed by atoms with Gasteiger partial charge < -0.3 is 9.13 Å². The van der Waals surface area contributed by atoms with Crippen molar-refractivity contribution in [1.82, 2.24) is 19.1 Å². The number of aromatic nitrogens is 4. The van der Waals surface area contributed by atoms with E-state index in [1.807, 2.05) is 24.3 Å². The van der Waals surface area contributed by atoms with Gasteiger partial charge in [-0.05, 0) is 72.5 Å². The first-order chi connectivity index (χ1) is 21.3. The summed E-state index contributed by atoms with van der Waals surface area (Å²) in [6.45, 7) is 3.38. The van der Waals surface area contributed by atoms with Crippen molar-refractivity contribution in [3.63, 3.8) is 0 Å². The van der Waals surface area contributed by atoms with E-state index in [9.17, 15) is 0 Å². The van der Waals surface area contributed by atoms with Crippen molar-refractivity contribution in [2.75, 3.05) is 0 Å². The number of hydrogen-bond acceptors (Lipinski definition) is 4. The Balaban J connectivity index is 1.28. The molecule has 2 aromatic heterocycles. The van der Waals surface area contributed by atoms with E-state index in [1.165, 1.54) is 35.7 Å². The normalized spacial score (nSPS) is 27.3. The topological polar surface area (TPSA) is 35.6 Å². The number of fused-ring (bicyclic) bond motifs is 4. The van der Waals surface area contributed by atoms with Gasteiger partial charge in [0.05, 0.1) is 22.1 Å². The molecule has 1 fully saturated rings. The Morgan fingerprint density at radius 3 is 1.29 bits per heavy atom. The SMILES string of the molecule is C[C@@]12SC(c3ccc(-n4ccnc4)cc3)=CC1=C1C(=C3C=C(c4ccc(-n5ccnc5)cc4)S[C@]32C)C(F)(F)C(F)(F)C1(F)F. The smallest absolute Gasteiger partial charge is 0.306 e. The molecule has 2 aliphatic carbocycles. The molecule has 4 heterocycles. The summed E-state index contributed by atoms with van der Waals surface area (Å²) in [5.41, 5.74) is 0.0193. The third-order valence-electron chi connectivity index (χ3n) is 9.23. The summed E-state index contributed by atoms with van der Waals surface area (Å²) in [7, 11) is 0. The first-order valence-electron chi connectivity index (χ1n) is 13.9. The molecule has 2 atom stereocenters. The summed E-state index contributed by atoms with van der Waals surface area (Å²) < 4.78 is 94.0. The summed E-state index contributed by atoms with van der Waals surface area (Å²) in [6.07, 6.45) is 12.9. The van der Waals surface area contributed by atoms with E-state index < -0.39 is 38.4 Å². The van der Waals surface area contributed by atoms with Crippen LogP contribution in [-0.4, -0.2) is 46.4 Å². The lowest BCUT2D eigenvalue weighted by molar-refractivity contribution is -0.258. The summed E-state index contributed by atoms with van der Waals surface area (Å²) in [5, 5.41) is 0. The molecule has 0 N–H and O–H groups in total. The highest BCUT2D eigenvalue weighted by atomic mass is 32.2. The van der Waals surface area contributed by atoms with Gasteiger partial charge in [0.2, 0.25) is 0 Å². The van der Waals surface area contributed by atoms with Crippen LogP contribution < -0.4 is 0 Å². The second-order valence-corrected chi connectivity index (χ2v) is 14.5. The minimum absolute atomic E-state index is 0.193. The Morgan fingerprint density at radius 2 is 0.956 bits per heavy atom. The standard InChI is InChI=1S/C33H22F6N4S2/c1-29-23(15-25(44-29)19-3-7-21(8-4-19)42-13-11-40-17-42)27-28(32(36,37)33(38,39)31(27,34)35)24-16-26(45-30(24,29)2)20-5-9-22(10-6-20)43-14-12-41-18-43/h3-18H,1-2H3/t29-,30-/m1/s1. The van der Waals surface area contributed by atoms with Crippen LogP contribution in [0.15, 0.2) is 120 Å². The number of benzene rings is 2. The Bertz CT molecular complexity index is 1850. The lowest BCUT2D eigenvalue weighted by Gasteiger charge is -2.47. The average molecular weight is 653 g/mol. The summed E-state index contributed by atoms with van der Waals surface area (Å²) >= 11 is 2.48. The quantitative estimate of drug-likeness (QED) is 0.206. The van der Waals surface area contributed by atoms with Gasteiger partial charge in [0.1, 0.15) is 0 Å². The molecule has 2 aliphatic heterocycles. The van der Waals surface area contributed by atoms with Crippen LogP contribution in [0.1, 0.15) is 25.0 Å². The first-order valence-corrected chi connectivity index (χ1v) is 15.6. The highest BCUT2D eigenvalue weighted by Crippen LogP contribution is 2.75. The third-order valence-corrected chi connectivity index (χ3v) is 12.6. The molecule has 0 saturated heterocycles. The van der Waals surface area contributed by atoms with Crippen molar-refractivity contribution < 1.29 is 26.3 Å². The second-order valence-electron chi connectivity index (χ2n) is 11.6. The van der Waals surface area contributed by atoms with Crippen LogP contribution in [0.5, 0.6) is 0 Å². The van der Waals surface area contributed by atoms with E-state index in [1.54, 1.807) is 84.7 Å². The maximum atomic E-state index is 15.7. The van der Waals surface area contributed by atoms with Crippen LogP contribution in [0, 0.1) is 0 Å². The lowest BCUT2D eigenvalue weighted by atomic mass is 9.71. The van der Waals surface area contributed by atoms with Gasteiger partial charge in [-0.15, -0.1) is 23.5 Å². The van der Waals surface area contributed by atoms with Crippen LogP contribution in [-0.2, 0) is 0 Å². The lowest BCUT2D eigenvalue weighted by Crippen LogP contribution is -2.48. The van der Waals surface area contributed by atoms with Crippen LogP contribution in [0.2, 0.25) is 0 Å². The molecule has 0 spiro atoms. The van der Waals surface area contributed by atoms with E-state index in [4.69, 9.17) is 0 Å². The van der Waals surface area contributed by atoms with E-state index in [2.05, 4.69) is 9.97 Å². The van der Waals surface area contributed by atoms with E-state index in [0.29, 0.717) is 20.9 Å². The van der Waals surface area contributed by atoms with Crippen LogP contribution >= 0.6 is 23.5 Å². The van der Waals surface area contributed by atoms with Gasteiger partial charge in [0.25, 0.3) is 0 Å². The van der Waals surface area contributed by atoms with Gasteiger partial charge >= 0.3 is 17.8 Å². The molecule has 2 aromatic carbocycles. The molecule has 0 radical (unpaired) electrons. The molecule has 0 unspecified atom stereocenters. The summed E-state index contributed by atoms with van der Waals surface area (Å²) in [6, 6.07) is 14.5. The zero-order chi connectivity index (χ0) is 31.6. The molecule has 228 valence electrons. The number of halogens is 6. The Kier molecular flexibility index (Phi) is 5.77. The molecule has 4 aliphatic rings. The van der Waals surface area contributed by atoms with E-state index in [-0.39, 0.29) is 11.1 Å². The van der Waals surface area contributed by atoms with Crippen molar-refractivity contribution in [2.45, 2.75) is 41.1 Å². The highest BCUT2D eigenvalue weighted by Gasteiger charge is 2.84. The van der Waals surface area contributed by atoms with Crippen molar-refractivity contribution in [2.24, 2.45) is 0 Å². The van der Waals surface area contributed by atoms with Gasteiger partial charge in [-0.25, -0.2) is 9.97 Å². The van der Waals surface area contributed by atoms with Gasteiger partial charge in [0.15, 0.2) is 0 Å². The third kappa shape index (κ3) is 3.60. The highest BCUT2D eigenvalue weighted by molar-refractivity contribution is 8.14. The van der Waals surface area contributed by atoms with Gasteiger partial charge in [0, 0.05) is 57.1 Å². The second kappa shape index (κ2) is 9.10. The minimum Gasteiger partial charge on any atom is -0.306 e. The number of thioether (sulfide) groups is 2. The van der Waals surface area contributed by atoms with Crippen molar-refractivity contribution in [3.8, 4) is 11.4 Å². The molecule has 12 heteroatoms. The Labute approximate surface area is 262 Å². The Hall–Kier alpha value is -3.90. The average Bonchev–Trinajstić information content (AvgIpc) is 3.84. The molecule has 1 saturated carbocycles. The first kappa shape index (κ1) is 28.6. The van der Waals surface area contributed by atoms with E-state index >= 15 is 26.3 Å². The van der Waals surface area contributed by atoms with Gasteiger partial charge in [-0.1, -0.05) is 24.3 Å². The molecular weight excluding hydrogens is 631 g/mol. The number of nitrogens with zero attached hydrogens (tertiary/aromatic N) is 4. The van der Waals surface area contributed by atoms with E-state index in [0.717, 1.165) is 11.4 Å². The van der Waals surface area contributed by atoms with Crippen molar-refractivity contribution >= 4 is 33.3 Å². The zero-order valence-electron chi connectivity index (χ0n) is 23.6. The fourth-order valence-electron chi connectivity index (χ4n) is 6.61. The number of imidazole rings is 2. The molecular formula is C33H22F6N4S2. The summed E-state index contributed by atoms with van der Waals surface area (Å²) in [5.74, 6) is -15.8. The molecule has 45 heavy (non-hydrogen) atoms. The summed E-state index contributed by atoms with van der Waals surface area (Å²) in [4.78, 5) is 9.15. The fraction of sp³-hybridized carbons (Fsp3) is 0.212. The number of allylic oxidation sites excluding steroid dienone is 4. The zero-order valence-corrected chi connectivity index (χ0v) is 25.2. The predicted octanol–water partition coefficient (Wildman–Crippen LogP) is 8.98. The Morgan fingerprint density at radius 1 is 0.578 bits per heavy atom.